The summed E-state index contributed by atoms with van der Waals surface area (Å²) in [6, 6.07) is 7.27. The zero-order valence-electron chi connectivity index (χ0n) is 16.6. The minimum Gasteiger partial charge on any atom is -0.331 e. The van der Waals surface area contributed by atoms with Gasteiger partial charge in [0.05, 0.1) is 29.1 Å². The van der Waals surface area contributed by atoms with Crippen molar-refractivity contribution < 1.29 is 13.2 Å². The van der Waals surface area contributed by atoms with Gasteiger partial charge in [-0.15, -0.1) is 0 Å². The maximum absolute atomic E-state index is 14.0. The minimum atomic E-state index is -2.55. The van der Waals surface area contributed by atoms with Gasteiger partial charge in [-0.25, -0.2) is 18.2 Å². The number of hydrogen-bond acceptors (Lipinski definition) is 3. The number of benzene rings is 1. The van der Waals surface area contributed by atoms with Crippen LogP contribution in [0.5, 0.6) is 0 Å². The lowest BCUT2D eigenvalue weighted by atomic mass is 9.81. The third kappa shape index (κ3) is 3.26. The Balaban J connectivity index is 1.50. The molecule has 30 heavy (non-hydrogen) atoms. The molecule has 0 spiro atoms. The van der Waals surface area contributed by atoms with E-state index in [0.717, 1.165) is 22.4 Å². The third-order valence-corrected chi connectivity index (χ3v) is 5.80. The van der Waals surface area contributed by atoms with Crippen LogP contribution >= 0.6 is 0 Å². The molecule has 154 valence electrons. The summed E-state index contributed by atoms with van der Waals surface area (Å²) in [4.78, 5) is 8.90. The first-order valence-electron chi connectivity index (χ1n) is 9.79. The van der Waals surface area contributed by atoms with Gasteiger partial charge in [0.2, 0.25) is 5.92 Å². The highest BCUT2D eigenvalue weighted by Crippen LogP contribution is 2.43. The first kappa shape index (κ1) is 18.8. The number of halogens is 3. The van der Waals surface area contributed by atoms with Crippen LogP contribution in [0.3, 0.4) is 0 Å². The monoisotopic (exact) mass is 411 g/mol. The van der Waals surface area contributed by atoms with Gasteiger partial charge >= 0.3 is 0 Å². The van der Waals surface area contributed by atoms with Crippen LogP contribution in [0.4, 0.5) is 13.2 Å². The van der Waals surface area contributed by atoms with Crippen LogP contribution in [0, 0.1) is 18.7 Å². The number of aryl methyl sites for hydroxylation is 2. The Morgan fingerprint density at radius 2 is 1.93 bits per heavy atom. The van der Waals surface area contributed by atoms with Crippen LogP contribution in [-0.2, 0) is 13.6 Å². The molecule has 0 aliphatic heterocycles. The molecule has 0 radical (unpaired) electrons. The van der Waals surface area contributed by atoms with E-state index in [1.165, 1.54) is 12.3 Å². The smallest absolute Gasteiger partial charge is 0.248 e. The second-order valence-corrected chi connectivity index (χ2v) is 8.05. The Morgan fingerprint density at radius 1 is 1.13 bits per heavy atom. The van der Waals surface area contributed by atoms with Gasteiger partial charge in [0.1, 0.15) is 11.6 Å². The first-order chi connectivity index (χ1) is 14.3. The number of fused-ring (bicyclic) bond motifs is 1. The van der Waals surface area contributed by atoms with Gasteiger partial charge in [-0.3, -0.25) is 9.67 Å². The lowest BCUT2D eigenvalue weighted by Crippen LogP contribution is -2.37. The summed E-state index contributed by atoms with van der Waals surface area (Å²) in [7, 11) is 1.96. The molecule has 4 aromatic rings. The predicted octanol–water partition coefficient (Wildman–Crippen LogP) is 4.99. The molecule has 1 fully saturated rings. The van der Waals surface area contributed by atoms with Crippen molar-refractivity contribution in [2.24, 2.45) is 13.0 Å². The van der Waals surface area contributed by atoms with Crippen LogP contribution in [0.15, 0.2) is 42.9 Å². The van der Waals surface area contributed by atoms with Crippen molar-refractivity contribution in [1.29, 1.82) is 0 Å². The number of nitrogens with zero attached hydrogens (tertiary/aromatic N) is 5. The van der Waals surface area contributed by atoms with E-state index in [9.17, 15) is 13.2 Å². The summed E-state index contributed by atoms with van der Waals surface area (Å²) in [5, 5.41) is 4.30. The largest absolute Gasteiger partial charge is 0.331 e. The second kappa shape index (κ2) is 6.68. The van der Waals surface area contributed by atoms with Crippen molar-refractivity contribution in [1.82, 2.24) is 24.3 Å². The molecule has 0 atom stereocenters. The van der Waals surface area contributed by atoms with Crippen molar-refractivity contribution in [2.45, 2.75) is 32.2 Å². The molecule has 0 saturated heterocycles. The molecule has 0 amide bonds. The molecule has 3 aromatic heterocycles. The van der Waals surface area contributed by atoms with E-state index < -0.39 is 11.7 Å². The molecule has 5 nitrogen and oxygen atoms in total. The van der Waals surface area contributed by atoms with Gasteiger partial charge in [-0.2, -0.15) is 5.10 Å². The third-order valence-electron chi connectivity index (χ3n) is 5.80. The van der Waals surface area contributed by atoms with Crippen molar-refractivity contribution in [3.8, 4) is 22.4 Å². The van der Waals surface area contributed by atoms with Gasteiger partial charge in [0.15, 0.2) is 0 Å². The van der Waals surface area contributed by atoms with Crippen LogP contribution in [0.25, 0.3) is 33.4 Å². The summed E-state index contributed by atoms with van der Waals surface area (Å²) in [5.74, 6) is -2.19. The maximum Gasteiger partial charge on any atom is 0.248 e. The Labute approximate surface area is 171 Å². The molecule has 1 aromatic carbocycles. The SMILES string of the molecule is Cc1nc2cc(-c3ncc(F)cc3-c3cnn(CC4CC(F)(F)C4)c3)ccc2n1C. The van der Waals surface area contributed by atoms with Crippen molar-refractivity contribution in [3.63, 3.8) is 0 Å². The van der Waals surface area contributed by atoms with Crippen LogP contribution in [0.2, 0.25) is 0 Å². The Morgan fingerprint density at radius 3 is 2.70 bits per heavy atom. The molecule has 0 unspecified atom stereocenters. The van der Waals surface area contributed by atoms with E-state index in [0.29, 0.717) is 23.4 Å². The number of alkyl halides is 2. The van der Waals surface area contributed by atoms with Gasteiger partial charge in [0, 0.05) is 49.3 Å². The summed E-state index contributed by atoms with van der Waals surface area (Å²) < 4.78 is 43.9. The molecular formula is C22H20F3N5. The molecular weight excluding hydrogens is 391 g/mol. The van der Waals surface area contributed by atoms with Crippen molar-refractivity contribution >= 4 is 11.0 Å². The Bertz CT molecular complexity index is 1250. The van der Waals surface area contributed by atoms with E-state index in [2.05, 4.69) is 15.1 Å². The normalized spacial score (nSPS) is 16.2. The van der Waals surface area contributed by atoms with Crippen LogP contribution in [-0.4, -0.2) is 30.2 Å². The van der Waals surface area contributed by atoms with Gasteiger partial charge < -0.3 is 4.57 Å². The van der Waals surface area contributed by atoms with Gasteiger partial charge in [-0.1, -0.05) is 6.07 Å². The van der Waals surface area contributed by atoms with E-state index in [1.807, 2.05) is 36.7 Å². The molecule has 1 aliphatic carbocycles. The maximum atomic E-state index is 14.0. The standard InChI is InChI=1S/C22H20F3N5/c1-13-28-19-5-15(3-4-20(19)29(13)2)21-18(6-17(23)10-26-21)16-9-27-30(12-16)11-14-7-22(24,25)8-14/h3-6,9-10,12,14H,7-8,11H2,1-2H3. The fourth-order valence-corrected chi connectivity index (χ4v) is 4.14. The van der Waals surface area contributed by atoms with E-state index in [4.69, 9.17) is 0 Å². The average molecular weight is 411 g/mol. The zero-order chi connectivity index (χ0) is 21.0. The Hall–Kier alpha value is -3.16. The lowest BCUT2D eigenvalue weighted by Gasteiger charge is -2.34. The average Bonchev–Trinajstić information content (AvgIpc) is 3.25. The van der Waals surface area contributed by atoms with E-state index >= 15 is 0 Å². The van der Waals surface area contributed by atoms with Crippen molar-refractivity contribution in [2.75, 3.05) is 0 Å². The molecule has 0 bridgehead atoms. The minimum absolute atomic E-state index is 0.0901. The summed E-state index contributed by atoms with van der Waals surface area (Å²) >= 11 is 0. The fourth-order valence-electron chi connectivity index (χ4n) is 4.14. The number of hydrogen-bond donors (Lipinski definition) is 0. The highest BCUT2D eigenvalue weighted by Gasteiger charge is 2.45. The molecule has 8 heteroatoms. The van der Waals surface area contributed by atoms with Crippen molar-refractivity contribution in [3.05, 3.63) is 54.5 Å². The number of rotatable bonds is 4. The highest BCUT2D eigenvalue weighted by atomic mass is 19.3. The molecule has 1 aliphatic rings. The van der Waals surface area contributed by atoms with Gasteiger partial charge in [-0.05, 0) is 31.0 Å². The summed E-state index contributed by atoms with van der Waals surface area (Å²) in [5.41, 5.74) is 4.59. The summed E-state index contributed by atoms with van der Waals surface area (Å²) in [6.45, 7) is 2.36. The first-order valence-corrected chi connectivity index (χ1v) is 9.79. The Kier molecular flexibility index (Phi) is 4.20. The topological polar surface area (TPSA) is 48.5 Å². The molecule has 1 saturated carbocycles. The van der Waals surface area contributed by atoms with Crippen LogP contribution in [0.1, 0.15) is 18.7 Å². The quantitative estimate of drug-likeness (QED) is 0.475. The lowest BCUT2D eigenvalue weighted by molar-refractivity contribution is -0.114. The second-order valence-electron chi connectivity index (χ2n) is 8.05. The highest BCUT2D eigenvalue weighted by molar-refractivity contribution is 5.86. The summed E-state index contributed by atoms with van der Waals surface area (Å²) in [6.07, 6.45) is 4.35. The van der Waals surface area contributed by atoms with E-state index in [1.54, 1.807) is 17.1 Å². The zero-order valence-corrected chi connectivity index (χ0v) is 16.6. The molecule has 5 rings (SSSR count). The van der Waals surface area contributed by atoms with E-state index in [-0.39, 0.29) is 18.8 Å². The predicted molar refractivity (Wildman–Crippen MR) is 108 cm³/mol. The van der Waals surface area contributed by atoms with Gasteiger partial charge in [0.25, 0.3) is 0 Å². The number of pyridine rings is 1. The number of aromatic nitrogens is 5. The fraction of sp³-hybridized carbons (Fsp3) is 0.318. The molecule has 0 N–H and O–H groups in total. The number of imidazole rings is 1. The van der Waals surface area contributed by atoms with Crippen LogP contribution < -0.4 is 0 Å². The molecule has 3 heterocycles.